The lowest BCUT2D eigenvalue weighted by atomic mass is 9.96. The summed E-state index contributed by atoms with van der Waals surface area (Å²) in [5.74, 6) is 2.37. The van der Waals surface area contributed by atoms with E-state index in [1.54, 1.807) is 21.3 Å². The fourth-order valence-electron chi connectivity index (χ4n) is 5.69. The molecule has 188 valence electrons. The van der Waals surface area contributed by atoms with Crippen molar-refractivity contribution in [2.45, 2.75) is 13.8 Å². The second kappa shape index (κ2) is 9.38. The molecule has 0 fully saturated rings. The summed E-state index contributed by atoms with van der Waals surface area (Å²) >= 11 is 0. The van der Waals surface area contributed by atoms with Gasteiger partial charge in [0.2, 0.25) is 5.52 Å². The number of hydrogen-bond donors (Lipinski definition) is 0. The number of rotatable bonds is 5. The fourth-order valence-corrected chi connectivity index (χ4v) is 5.69. The molecule has 4 nitrogen and oxygen atoms in total. The van der Waals surface area contributed by atoms with Gasteiger partial charge >= 0.3 is 0 Å². The second-order valence-electron chi connectivity index (χ2n) is 9.59. The zero-order valence-electron chi connectivity index (χ0n) is 22.3. The summed E-state index contributed by atoms with van der Waals surface area (Å²) in [6.07, 6.45) is 2.14. The Labute approximate surface area is 222 Å². The molecule has 0 aliphatic carbocycles. The minimum absolute atomic E-state index is 0.738. The molecule has 38 heavy (non-hydrogen) atoms. The van der Waals surface area contributed by atoms with E-state index in [1.807, 2.05) is 6.07 Å². The van der Waals surface area contributed by atoms with Crippen LogP contribution in [0.25, 0.3) is 49.3 Å². The highest BCUT2D eigenvalue weighted by Crippen LogP contribution is 2.40. The number of ether oxygens (including phenoxy) is 3. The molecular formula is C34H30NO3+. The number of benzene rings is 4. The van der Waals surface area contributed by atoms with Gasteiger partial charge in [0.05, 0.1) is 32.1 Å². The molecule has 4 aromatic carbocycles. The van der Waals surface area contributed by atoms with Crippen LogP contribution < -0.4 is 18.6 Å². The highest BCUT2D eigenvalue weighted by molar-refractivity contribution is 6.02. The average molecular weight is 501 g/mol. The lowest BCUT2D eigenvalue weighted by Crippen LogP contribution is -2.26. The molecule has 0 aliphatic rings. The zero-order chi connectivity index (χ0) is 26.4. The third-order valence-corrected chi connectivity index (χ3v) is 7.57. The van der Waals surface area contributed by atoms with Crippen LogP contribution in [0, 0.1) is 13.8 Å². The maximum absolute atomic E-state index is 5.86. The molecule has 0 amide bonds. The van der Waals surface area contributed by atoms with Gasteiger partial charge in [-0.3, -0.25) is 0 Å². The predicted octanol–water partition coefficient (Wildman–Crippen LogP) is 7.71. The van der Waals surface area contributed by atoms with Crippen molar-refractivity contribution in [3.63, 3.8) is 0 Å². The number of aryl methyl sites for hydroxylation is 2. The van der Waals surface area contributed by atoms with Crippen LogP contribution in [0.1, 0.15) is 11.3 Å². The van der Waals surface area contributed by atoms with Crippen LogP contribution in [0.4, 0.5) is 0 Å². The highest BCUT2D eigenvalue weighted by atomic mass is 16.5. The molecule has 4 heteroatoms. The second-order valence-corrected chi connectivity index (χ2v) is 9.59. The van der Waals surface area contributed by atoms with E-state index in [1.165, 1.54) is 16.5 Å². The summed E-state index contributed by atoms with van der Waals surface area (Å²) in [6, 6.07) is 30.0. The van der Waals surface area contributed by atoms with E-state index in [9.17, 15) is 0 Å². The van der Waals surface area contributed by atoms with Gasteiger partial charge in [0.25, 0.3) is 0 Å². The average Bonchev–Trinajstić information content (AvgIpc) is 2.96. The molecule has 0 saturated heterocycles. The third kappa shape index (κ3) is 3.72. The van der Waals surface area contributed by atoms with E-state index in [2.05, 4.69) is 103 Å². The van der Waals surface area contributed by atoms with E-state index in [0.29, 0.717) is 0 Å². The Morgan fingerprint density at radius 2 is 1.26 bits per heavy atom. The molecule has 0 saturated carbocycles. The summed E-state index contributed by atoms with van der Waals surface area (Å²) < 4.78 is 19.5. The number of fused-ring (bicyclic) bond motifs is 4. The Morgan fingerprint density at radius 3 is 1.95 bits per heavy atom. The number of hydrogen-bond acceptors (Lipinski definition) is 3. The van der Waals surface area contributed by atoms with Crippen molar-refractivity contribution in [1.29, 1.82) is 0 Å². The van der Waals surface area contributed by atoms with Gasteiger partial charge in [-0.25, -0.2) is 0 Å². The third-order valence-electron chi connectivity index (χ3n) is 7.57. The van der Waals surface area contributed by atoms with Gasteiger partial charge in [0.15, 0.2) is 23.4 Å². The highest BCUT2D eigenvalue weighted by Gasteiger charge is 2.22. The zero-order valence-corrected chi connectivity index (χ0v) is 22.3. The smallest absolute Gasteiger partial charge is 0.219 e. The minimum Gasteiger partial charge on any atom is -0.496 e. The Morgan fingerprint density at radius 1 is 0.605 bits per heavy atom. The van der Waals surface area contributed by atoms with Crippen LogP contribution in [0.5, 0.6) is 17.2 Å². The quantitative estimate of drug-likeness (QED) is 0.138. The first-order chi connectivity index (χ1) is 18.5. The lowest BCUT2D eigenvalue weighted by molar-refractivity contribution is -0.516. The SMILES string of the molecule is COc1cc2cc[n+]3c(C)c4c(C)c(OC)c(OC)cc4cc3c2cc1-c1ccc(-c2ccccc2)cc1. The number of pyridine rings is 2. The van der Waals surface area contributed by atoms with E-state index in [-0.39, 0.29) is 0 Å². The molecule has 0 aliphatic heterocycles. The van der Waals surface area contributed by atoms with E-state index in [4.69, 9.17) is 14.2 Å². The molecule has 6 rings (SSSR count). The first kappa shape index (κ1) is 23.8. The van der Waals surface area contributed by atoms with Crippen LogP contribution in [0.3, 0.4) is 0 Å². The Balaban J connectivity index is 1.59. The Bertz CT molecular complexity index is 1820. The van der Waals surface area contributed by atoms with E-state index in [0.717, 1.165) is 61.3 Å². The Kier molecular flexibility index (Phi) is 5.88. The van der Waals surface area contributed by atoms with Crippen molar-refractivity contribution in [2.24, 2.45) is 0 Å². The number of aromatic nitrogens is 1. The van der Waals surface area contributed by atoms with Gasteiger partial charge in [0.1, 0.15) is 5.75 Å². The van der Waals surface area contributed by atoms with Crippen molar-refractivity contribution >= 4 is 27.1 Å². The summed E-state index contributed by atoms with van der Waals surface area (Å²) in [4.78, 5) is 0. The molecule has 0 spiro atoms. The summed E-state index contributed by atoms with van der Waals surface area (Å²) in [7, 11) is 5.11. The largest absolute Gasteiger partial charge is 0.496 e. The summed E-state index contributed by atoms with van der Waals surface area (Å²) in [5, 5.41) is 4.58. The molecule has 0 radical (unpaired) electrons. The van der Waals surface area contributed by atoms with Crippen molar-refractivity contribution in [3.05, 3.63) is 102 Å². The standard InChI is InChI=1S/C34H30NO3/c1-21-33-22(2)35-16-15-26-18-31(36-3)29(25-13-11-24(12-14-25)23-9-7-6-8-10-23)20-28(26)30(35)17-27(33)19-32(37-4)34(21)38-5/h6-20H,1-5H3/q+1. The normalized spacial score (nSPS) is 11.3. The van der Waals surface area contributed by atoms with Gasteiger partial charge in [-0.1, -0.05) is 54.6 Å². The minimum atomic E-state index is 0.738. The van der Waals surface area contributed by atoms with Crippen molar-refractivity contribution in [3.8, 4) is 39.5 Å². The van der Waals surface area contributed by atoms with Gasteiger partial charge in [-0.2, -0.15) is 4.40 Å². The molecule has 0 unspecified atom stereocenters. The summed E-state index contributed by atoms with van der Waals surface area (Å²) in [6.45, 7) is 4.25. The molecule has 6 aromatic rings. The van der Waals surface area contributed by atoms with Gasteiger partial charge in [-0.05, 0) is 52.6 Å². The molecule has 0 bridgehead atoms. The van der Waals surface area contributed by atoms with Crippen LogP contribution in [0.15, 0.2) is 91.1 Å². The number of nitrogens with zero attached hydrogens (tertiary/aromatic N) is 1. The monoisotopic (exact) mass is 500 g/mol. The maximum Gasteiger partial charge on any atom is 0.219 e. The van der Waals surface area contributed by atoms with Crippen molar-refractivity contribution in [1.82, 2.24) is 0 Å². The number of methoxy groups -OCH3 is 3. The molecule has 0 atom stereocenters. The van der Waals surface area contributed by atoms with E-state index >= 15 is 0 Å². The van der Waals surface area contributed by atoms with Gasteiger partial charge in [0, 0.05) is 30.2 Å². The first-order valence-corrected chi connectivity index (χ1v) is 12.7. The topological polar surface area (TPSA) is 31.8 Å². The first-order valence-electron chi connectivity index (χ1n) is 12.7. The summed E-state index contributed by atoms with van der Waals surface area (Å²) in [5.41, 5.74) is 7.93. The maximum atomic E-state index is 5.86. The van der Waals surface area contributed by atoms with Crippen LogP contribution in [-0.4, -0.2) is 21.3 Å². The van der Waals surface area contributed by atoms with Gasteiger partial charge < -0.3 is 14.2 Å². The molecular weight excluding hydrogens is 470 g/mol. The van der Waals surface area contributed by atoms with Crippen molar-refractivity contribution < 1.29 is 18.6 Å². The van der Waals surface area contributed by atoms with Crippen LogP contribution in [0.2, 0.25) is 0 Å². The fraction of sp³-hybridized carbons (Fsp3) is 0.147. The molecule has 0 N–H and O–H groups in total. The Hall–Kier alpha value is -4.57. The molecule has 2 heterocycles. The van der Waals surface area contributed by atoms with Crippen LogP contribution in [-0.2, 0) is 0 Å². The van der Waals surface area contributed by atoms with Crippen molar-refractivity contribution in [2.75, 3.05) is 21.3 Å². The lowest BCUT2D eigenvalue weighted by Gasteiger charge is -2.15. The predicted molar refractivity (Wildman–Crippen MR) is 155 cm³/mol. The van der Waals surface area contributed by atoms with Crippen LogP contribution >= 0.6 is 0 Å². The molecule has 2 aromatic heterocycles. The van der Waals surface area contributed by atoms with Gasteiger partial charge in [-0.15, -0.1) is 0 Å². The van der Waals surface area contributed by atoms with E-state index < -0.39 is 0 Å².